The van der Waals surface area contributed by atoms with Crippen molar-refractivity contribution >= 4 is 40.1 Å². The lowest BCUT2D eigenvalue weighted by molar-refractivity contribution is 0.163. The van der Waals surface area contributed by atoms with E-state index in [1.165, 1.54) is 24.3 Å². The molecule has 0 saturated carbocycles. The van der Waals surface area contributed by atoms with Crippen molar-refractivity contribution < 1.29 is 13.5 Å². The highest BCUT2D eigenvalue weighted by Gasteiger charge is 2.44. The molecular formula is C34H22Cl2F2O. The van der Waals surface area contributed by atoms with E-state index in [2.05, 4.69) is 26.0 Å². The Morgan fingerprint density at radius 2 is 1.28 bits per heavy atom. The number of rotatable bonds is 2. The van der Waals surface area contributed by atoms with Gasteiger partial charge in [-0.1, -0.05) is 79.5 Å². The van der Waals surface area contributed by atoms with Crippen molar-refractivity contribution in [3.05, 3.63) is 141 Å². The molecule has 0 unspecified atom stereocenters. The van der Waals surface area contributed by atoms with Gasteiger partial charge in [-0.15, -0.1) is 0 Å². The molecule has 5 aromatic rings. The summed E-state index contributed by atoms with van der Waals surface area (Å²) in [7, 11) is 0. The molecule has 2 aliphatic rings. The summed E-state index contributed by atoms with van der Waals surface area (Å²) in [5.74, 6) is -0.0165. The summed E-state index contributed by atoms with van der Waals surface area (Å²) < 4.78 is 35.0. The van der Waals surface area contributed by atoms with Crippen molar-refractivity contribution in [2.45, 2.75) is 24.9 Å². The predicted octanol–water partition coefficient (Wildman–Crippen LogP) is 10.1. The lowest BCUT2D eigenvalue weighted by Crippen LogP contribution is -2.35. The van der Waals surface area contributed by atoms with Gasteiger partial charge in [0.2, 0.25) is 0 Å². The standard InChI is InChI=1S/C34H22Cl2F2O/c1-33(2)29-18-22(36)8-14-26(29)30-25-13-7-21(35)17-28(25)32-27(31(30)33)15-16-34(39-32,19-3-9-23(37)10-4-19)20-5-11-24(38)12-6-20/h3-18H,1-2H3. The highest BCUT2D eigenvalue weighted by atomic mass is 35.5. The minimum atomic E-state index is -1.11. The van der Waals surface area contributed by atoms with E-state index in [-0.39, 0.29) is 17.0 Å². The summed E-state index contributed by atoms with van der Waals surface area (Å²) in [4.78, 5) is 0. The molecule has 7 rings (SSSR count). The number of hydrogen-bond acceptors (Lipinski definition) is 1. The summed E-state index contributed by atoms with van der Waals surface area (Å²) in [5, 5.41) is 3.16. The van der Waals surface area contributed by atoms with E-state index in [1.54, 1.807) is 24.3 Å². The number of ether oxygens (including phenoxy) is 1. The average molecular weight is 555 g/mol. The Hall–Kier alpha value is -3.66. The summed E-state index contributed by atoms with van der Waals surface area (Å²) >= 11 is 13.0. The SMILES string of the molecule is CC1(C)c2cc(Cl)ccc2-c2c1c1c(c3cc(Cl)ccc23)OC(c2ccc(F)cc2)(c2ccc(F)cc2)C=C1. The van der Waals surface area contributed by atoms with Crippen LogP contribution in [-0.4, -0.2) is 0 Å². The normalized spacial score (nSPS) is 15.9. The quantitative estimate of drug-likeness (QED) is 0.211. The fraction of sp³-hybridized carbons (Fsp3) is 0.118. The van der Waals surface area contributed by atoms with Gasteiger partial charge in [-0.05, 0) is 82.2 Å². The van der Waals surface area contributed by atoms with Crippen LogP contribution < -0.4 is 4.74 Å². The molecule has 1 heterocycles. The van der Waals surface area contributed by atoms with Crippen molar-refractivity contribution in [2.24, 2.45) is 0 Å². The lowest BCUT2D eigenvalue weighted by Gasteiger charge is -2.38. The van der Waals surface area contributed by atoms with Crippen LogP contribution >= 0.6 is 23.2 Å². The van der Waals surface area contributed by atoms with Gasteiger partial charge >= 0.3 is 0 Å². The second-order valence-corrected chi connectivity index (χ2v) is 11.6. The molecule has 0 spiro atoms. The third kappa shape index (κ3) is 3.50. The van der Waals surface area contributed by atoms with Gasteiger partial charge in [0.15, 0.2) is 5.60 Å². The fourth-order valence-corrected chi connectivity index (χ4v) is 6.65. The van der Waals surface area contributed by atoms with E-state index in [0.717, 1.165) is 49.7 Å². The molecule has 1 aliphatic heterocycles. The molecule has 5 aromatic carbocycles. The maximum atomic E-state index is 14.0. The minimum absolute atomic E-state index is 0.346. The smallest absolute Gasteiger partial charge is 0.178 e. The van der Waals surface area contributed by atoms with Crippen molar-refractivity contribution in [1.82, 2.24) is 0 Å². The maximum absolute atomic E-state index is 14.0. The van der Waals surface area contributed by atoms with Crippen LogP contribution in [0.5, 0.6) is 5.75 Å². The first kappa shape index (κ1) is 24.4. The molecule has 0 amide bonds. The number of benzene rings is 5. The van der Waals surface area contributed by atoms with Gasteiger partial charge in [0.05, 0.1) is 0 Å². The van der Waals surface area contributed by atoms with E-state index in [4.69, 9.17) is 27.9 Å². The Bertz CT molecular complexity index is 1790. The molecule has 0 N–H and O–H groups in total. The zero-order chi connectivity index (χ0) is 27.1. The minimum Gasteiger partial charge on any atom is -0.472 e. The van der Waals surface area contributed by atoms with Crippen LogP contribution in [-0.2, 0) is 11.0 Å². The first-order valence-corrected chi connectivity index (χ1v) is 13.4. The molecule has 1 nitrogen and oxygen atoms in total. The molecule has 0 aromatic heterocycles. The molecule has 0 saturated heterocycles. The van der Waals surface area contributed by atoms with E-state index in [0.29, 0.717) is 15.8 Å². The Kier molecular flexibility index (Phi) is 5.26. The van der Waals surface area contributed by atoms with Crippen molar-refractivity contribution in [3.8, 4) is 16.9 Å². The van der Waals surface area contributed by atoms with Crippen LogP contribution in [0, 0.1) is 11.6 Å². The van der Waals surface area contributed by atoms with Crippen molar-refractivity contribution in [1.29, 1.82) is 0 Å². The van der Waals surface area contributed by atoms with Crippen LogP contribution in [0.4, 0.5) is 8.78 Å². The first-order valence-electron chi connectivity index (χ1n) is 12.7. The van der Waals surface area contributed by atoms with Gasteiger partial charge in [-0.3, -0.25) is 0 Å². The first-order chi connectivity index (χ1) is 18.7. The van der Waals surface area contributed by atoms with Gasteiger partial charge in [0.1, 0.15) is 17.4 Å². The topological polar surface area (TPSA) is 9.23 Å². The zero-order valence-electron chi connectivity index (χ0n) is 21.2. The lowest BCUT2D eigenvalue weighted by atomic mass is 9.77. The van der Waals surface area contributed by atoms with Crippen LogP contribution in [0.15, 0.2) is 91.0 Å². The zero-order valence-corrected chi connectivity index (χ0v) is 22.7. The van der Waals surface area contributed by atoms with Gasteiger partial charge in [0, 0.05) is 37.5 Å². The highest BCUT2D eigenvalue weighted by Crippen LogP contribution is 2.58. The Labute approximate surface area is 235 Å². The Balaban J connectivity index is 1.57. The number of halogens is 4. The van der Waals surface area contributed by atoms with Crippen molar-refractivity contribution in [3.63, 3.8) is 0 Å². The Morgan fingerprint density at radius 3 is 1.92 bits per heavy atom. The third-order valence-electron chi connectivity index (χ3n) is 8.10. The van der Waals surface area contributed by atoms with Gasteiger partial charge < -0.3 is 4.74 Å². The monoisotopic (exact) mass is 554 g/mol. The Morgan fingerprint density at radius 1 is 0.692 bits per heavy atom. The number of fused-ring (bicyclic) bond motifs is 8. The molecule has 0 fully saturated rings. The molecule has 1 aliphatic carbocycles. The van der Waals surface area contributed by atoms with Crippen LogP contribution in [0.25, 0.3) is 28.0 Å². The molecule has 39 heavy (non-hydrogen) atoms. The summed E-state index contributed by atoms with van der Waals surface area (Å²) in [6, 6.07) is 24.4. The second kappa shape index (κ2) is 8.42. The second-order valence-electron chi connectivity index (χ2n) is 10.7. The van der Waals surface area contributed by atoms with Crippen LogP contribution in [0.2, 0.25) is 10.0 Å². The molecule has 0 radical (unpaired) electrons. The summed E-state index contributed by atoms with van der Waals surface area (Å²) in [6.45, 7) is 4.40. The predicted molar refractivity (Wildman–Crippen MR) is 155 cm³/mol. The maximum Gasteiger partial charge on any atom is 0.178 e. The van der Waals surface area contributed by atoms with Gasteiger partial charge in [-0.25, -0.2) is 8.78 Å². The fourth-order valence-electron chi connectivity index (χ4n) is 6.30. The van der Waals surface area contributed by atoms with Crippen molar-refractivity contribution in [2.75, 3.05) is 0 Å². The van der Waals surface area contributed by atoms with Gasteiger partial charge in [-0.2, -0.15) is 0 Å². The summed E-state index contributed by atoms with van der Waals surface area (Å²) in [6.07, 6.45) is 4.07. The van der Waals surface area contributed by atoms with E-state index in [9.17, 15) is 8.78 Å². The van der Waals surface area contributed by atoms with E-state index < -0.39 is 5.60 Å². The van der Waals surface area contributed by atoms with E-state index in [1.807, 2.05) is 36.4 Å². The average Bonchev–Trinajstić information content (AvgIpc) is 3.15. The summed E-state index contributed by atoms with van der Waals surface area (Å²) in [5.41, 5.74) is 5.51. The van der Waals surface area contributed by atoms with Crippen LogP contribution in [0.3, 0.4) is 0 Å². The molecule has 0 bridgehead atoms. The molecule has 5 heteroatoms. The largest absolute Gasteiger partial charge is 0.472 e. The van der Waals surface area contributed by atoms with Crippen LogP contribution in [0.1, 0.15) is 41.7 Å². The molecule has 192 valence electrons. The number of hydrogen-bond donors (Lipinski definition) is 0. The highest BCUT2D eigenvalue weighted by molar-refractivity contribution is 6.32. The third-order valence-corrected chi connectivity index (χ3v) is 8.57. The van der Waals surface area contributed by atoms with Gasteiger partial charge in [0.25, 0.3) is 0 Å². The van der Waals surface area contributed by atoms with E-state index >= 15 is 0 Å². The molecule has 0 atom stereocenters. The molecular weight excluding hydrogens is 533 g/mol.